The third kappa shape index (κ3) is 8.67. The van der Waals surface area contributed by atoms with E-state index in [1.807, 2.05) is 37.3 Å². The molecule has 0 saturated heterocycles. The SMILES string of the molecule is C[C@@H](NC(=O)CCC(=O)N[C@@H](CCO[Si](C)(C)C(C)(C)C)C(N)=O)c1ccccc1. The molecule has 1 rings (SSSR count). The fraction of sp³-hybridized carbons (Fsp3) is 0.591. The molecule has 30 heavy (non-hydrogen) atoms. The summed E-state index contributed by atoms with van der Waals surface area (Å²) < 4.78 is 6.06. The molecule has 0 aliphatic carbocycles. The summed E-state index contributed by atoms with van der Waals surface area (Å²) in [7, 11) is -1.94. The molecule has 0 radical (unpaired) electrons. The maximum Gasteiger partial charge on any atom is 0.240 e. The first kappa shape index (κ1) is 25.8. The van der Waals surface area contributed by atoms with Crippen molar-refractivity contribution in [3.8, 4) is 0 Å². The van der Waals surface area contributed by atoms with Gasteiger partial charge in [-0.3, -0.25) is 14.4 Å². The molecule has 3 amide bonds. The first-order valence-corrected chi connectivity index (χ1v) is 13.3. The molecule has 1 aromatic carbocycles. The van der Waals surface area contributed by atoms with Crippen molar-refractivity contribution in [2.45, 2.75) is 77.2 Å². The lowest BCUT2D eigenvalue weighted by atomic mass is 10.1. The molecule has 2 atom stereocenters. The normalized spacial score (nSPS) is 13.9. The molecule has 0 heterocycles. The van der Waals surface area contributed by atoms with E-state index in [1.165, 1.54) is 0 Å². The molecule has 0 saturated carbocycles. The highest BCUT2D eigenvalue weighted by atomic mass is 28.4. The van der Waals surface area contributed by atoms with Crippen LogP contribution < -0.4 is 16.4 Å². The highest BCUT2D eigenvalue weighted by Gasteiger charge is 2.37. The zero-order valence-electron chi connectivity index (χ0n) is 19.1. The number of hydrogen-bond donors (Lipinski definition) is 3. The first-order valence-electron chi connectivity index (χ1n) is 10.4. The van der Waals surface area contributed by atoms with E-state index in [0.29, 0.717) is 13.0 Å². The second kappa shape index (κ2) is 11.3. The second-order valence-corrected chi connectivity index (χ2v) is 13.9. The monoisotopic (exact) mass is 435 g/mol. The van der Waals surface area contributed by atoms with Crippen LogP contribution >= 0.6 is 0 Å². The summed E-state index contributed by atoms with van der Waals surface area (Å²) >= 11 is 0. The number of benzene rings is 1. The number of rotatable bonds is 11. The van der Waals surface area contributed by atoms with Crippen molar-refractivity contribution >= 4 is 26.0 Å². The van der Waals surface area contributed by atoms with Gasteiger partial charge >= 0.3 is 0 Å². The third-order valence-corrected chi connectivity index (χ3v) is 10.1. The number of nitrogens with two attached hydrogens (primary N) is 1. The van der Waals surface area contributed by atoms with Gasteiger partial charge in [-0.05, 0) is 37.0 Å². The minimum atomic E-state index is -1.94. The molecular weight excluding hydrogens is 398 g/mol. The van der Waals surface area contributed by atoms with Crippen molar-refractivity contribution in [3.63, 3.8) is 0 Å². The van der Waals surface area contributed by atoms with Crippen LogP contribution in [-0.4, -0.2) is 38.7 Å². The van der Waals surface area contributed by atoms with Crippen LogP contribution in [0.3, 0.4) is 0 Å². The van der Waals surface area contributed by atoms with E-state index in [9.17, 15) is 14.4 Å². The maximum absolute atomic E-state index is 12.2. The summed E-state index contributed by atoms with van der Waals surface area (Å²) in [4.78, 5) is 36.0. The van der Waals surface area contributed by atoms with Crippen molar-refractivity contribution in [2.24, 2.45) is 5.73 Å². The Bertz CT molecular complexity index is 717. The molecule has 1 aromatic rings. The standard InChI is InChI=1S/C22H37N3O4Si/c1-16(17-10-8-7-9-11-17)24-19(26)12-13-20(27)25-18(21(23)28)14-15-29-30(5,6)22(2,3)4/h7-11,16,18H,12-15H2,1-6H3,(H2,23,28)(H,24,26)(H,25,27)/t16-,18+/m1/s1. The molecule has 168 valence electrons. The number of amides is 3. The Morgan fingerprint density at radius 3 is 2.07 bits per heavy atom. The first-order chi connectivity index (χ1) is 13.8. The molecule has 0 aromatic heterocycles. The van der Waals surface area contributed by atoms with Crippen molar-refractivity contribution in [1.29, 1.82) is 0 Å². The fourth-order valence-corrected chi connectivity index (χ4v) is 3.63. The molecular formula is C22H37N3O4Si. The summed E-state index contributed by atoms with van der Waals surface area (Å²) in [6.45, 7) is 12.9. The Morgan fingerprint density at radius 2 is 1.57 bits per heavy atom. The van der Waals surface area contributed by atoms with Gasteiger partial charge in [0.15, 0.2) is 8.32 Å². The topological polar surface area (TPSA) is 111 Å². The predicted molar refractivity (Wildman–Crippen MR) is 121 cm³/mol. The van der Waals surface area contributed by atoms with Crippen LogP contribution in [0.2, 0.25) is 18.1 Å². The summed E-state index contributed by atoms with van der Waals surface area (Å²) in [6, 6.07) is 8.63. The van der Waals surface area contributed by atoms with Gasteiger partial charge < -0.3 is 20.8 Å². The zero-order valence-corrected chi connectivity index (χ0v) is 20.1. The molecule has 0 unspecified atom stereocenters. The van der Waals surface area contributed by atoms with Gasteiger partial charge in [0, 0.05) is 19.4 Å². The van der Waals surface area contributed by atoms with Crippen LogP contribution in [-0.2, 0) is 18.8 Å². The number of hydrogen-bond acceptors (Lipinski definition) is 4. The molecule has 8 heteroatoms. The van der Waals surface area contributed by atoms with Crippen LogP contribution in [0.25, 0.3) is 0 Å². The summed E-state index contributed by atoms with van der Waals surface area (Å²) in [5.74, 6) is -1.21. The number of carbonyl (C=O) groups excluding carboxylic acids is 3. The average molecular weight is 436 g/mol. The van der Waals surface area contributed by atoms with Crippen LogP contribution in [0.4, 0.5) is 0 Å². The van der Waals surface area contributed by atoms with Crippen LogP contribution in [0.15, 0.2) is 30.3 Å². The lowest BCUT2D eigenvalue weighted by molar-refractivity contribution is -0.129. The lowest BCUT2D eigenvalue weighted by Gasteiger charge is -2.36. The molecule has 0 fully saturated rings. The molecule has 4 N–H and O–H groups in total. The van der Waals surface area contributed by atoms with Gasteiger partial charge in [-0.1, -0.05) is 51.1 Å². The van der Waals surface area contributed by atoms with E-state index in [-0.39, 0.29) is 35.7 Å². The Kier molecular flexibility index (Phi) is 9.71. The van der Waals surface area contributed by atoms with E-state index in [2.05, 4.69) is 44.5 Å². The van der Waals surface area contributed by atoms with Gasteiger partial charge in [-0.15, -0.1) is 0 Å². The van der Waals surface area contributed by atoms with E-state index < -0.39 is 20.3 Å². The molecule has 0 aliphatic rings. The van der Waals surface area contributed by atoms with Gasteiger partial charge in [0.25, 0.3) is 0 Å². The Labute approximate surface area is 181 Å². The minimum Gasteiger partial charge on any atom is -0.417 e. The molecule has 0 bridgehead atoms. The van der Waals surface area contributed by atoms with E-state index in [4.69, 9.17) is 10.2 Å². The third-order valence-electron chi connectivity index (χ3n) is 5.61. The average Bonchev–Trinajstić information content (AvgIpc) is 2.65. The Balaban J connectivity index is 2.44. The van der Waals surface area contributed by atoms with Gasteiger partial charge in [0.1, 0.15) is 6.04 Å². The Morgan fingerprint density at radius 1 is 1.03 bits per heavy atom. The quantitative estimate of drug-likeness (QED) is 0.464. The summed E-state index contributed by atoms with van der Waals surface area (Å²) in [6.07, 6.45) is 0.333. The van der Waals surface area contributed by atoms with Crippen molar-refractivity contribution in [2.75, 3.05) is 6.61 Å². The molecule has 7 nitrogen and oxygen atoms in total. The smallest absolute Gasteiger partial charge is 0.240 e. The molecule has 0 spiro atoms. The Hall–Kier alpha value is -2.19. The largest absolute Gasteiger partial charge is 0.417 e. The summed E-state index contributed by atoms with van der Waals surface area (Å²) in [5, 5.41) is 5.55. The van der Waals surface area contributed by atoms with Crippen LogP contribution in [0.5, 0.6) is 0 Å². The van der Waals surface area contributed by atoms with Gasteiger partial charge in [-0.2, -0.15) is 0 Å². The van der Waals surface area contributed by atoms with E-state index >= 15 is 0 Å². The predicted octanol–water partition coefficient (Wildman–Crippen LogP) is 3.03. The lowest BCUT2D eigenvalue weighted by Crippen LogP contribution is -2.47. The number of nitrogens with one attached hydrogen (secondary N) is 2. The molecule has 0 aliphatic heterocycles. The highest BCUT2D eigenvalue weighted by molar-refractivity contribution is 6.74. The van der Waals surface area contributed by atoms with E-state index in [1.54, 1.807) is 0 Å². The van der Waals surface area contributed by atoms with Crippen molar-refractivity contribution < 1.29 is 18.8 Å². The van der Waals surface area contributed by atoms with Gasteiger partial charge in [0.05, 0.1) is 6.04 Å². The minimum absolute atomic E-state index is 0.0137. The number of primary amides is 1. The highest BCUT2D eigenvalue weighted by Crippen LogP contribution is 2.36. The maximum atomic E-state index is 12.2. The second-order valence-electron chi connectivity index (χ2n) is 9.12. The van der Waals surface area contributed by atoms with Gasteiger partial charge in [0.2, 0.25) is 17.7 Å². The number of carbonyl (C=O) groups is 3. The van der Waals surface area contributed by atoms with Crippen LogP contribution in [0.1, 0.15) is 58.6 Å². The van der Waals surface area contributed by atoms with Crippen LogP contribution in [0, 0.1) is 0 Å². The summed E-state index contributed by atoms with van der Waals surface area (Å²) in [5.41, 5.74) is 6.42. The zero-order chi connectivity index (χ0) is 22.9. The van der Waals surface area contributed by atoms with Crippen molar-refractivity contribution in [1.82, 2.24) is 10.6 Å². The fourth-order valence-electron chi connectivity index (χ4n) is 2.57. The van der Waals surface area contributed by atoms with Gasteiger partial charge in [-0.25, -0.2) is 0 Å². The van der Waals surface area contributed by atoms with Crippen molar-refractivity contribution in [3.05, 3.63) is 35.9 Å². The van der Waals surface area contributed by atoms with E-state index in [0.717, 1.165) is 5.56 Å².